The van der Waals surface area contributed by atoms with Crippen molar-refractivity contribution in [1.29, 1.82) is 0 Å². The molecule has 0 unspecified atom stereocenters. The molecule has 2 aromatic rings. The van der Waals surface area contributed by atoms with Gasteiger partial charge in [0, 0.05) is 23.9 Å². The van der Waals surface area contributed by atoms with Crippen LogP contribution in [-0.4, -0.2) is 32.0 Å². The zero-order valence-corrected chi connectivity index (χ0v) is 14.0. The Bertz CT molecular complexity index is 757. The number of benzene rings is 1. The van der Waals surface area contributed by atoms with Crippen molar-refractivity contribution in [3.63, 3.8) is 0 Å². The number of methoxy groups -OCH3 is 2. The Balaban J connectivity index is 2.21. The quantitative estimate of drug-likeness (QED) is 0.481. The molecule has 0 atom stereocenters. The van der Waals surface area contributed by atoms with Gasteiger partial charge in [-0.05, 0) is 42.8 Å². The average molecular weight is 325 g/mol. The standard InChI is InChI=1S/C19H19NO4/c1-4-16-11-15(12-18(20-16)19(21)23-3)6-5-14-7-9-17(10-8-14)24-13-22-2/h7-12H,4,13H2,1-3H3. The maximum atomic E-state index is 11.7. The zero-order chi connectivity index (χ0) is 17.4. The fraction of sp³-hybridized carbons (Fsp3) is 0.263. The van der Waals surface area contributed by atoms with E-state index in [9.17, 15) is 4.79 Å². The molecule has 5 nitrogen and oxygen atoms in total. The van der Waals surface area contributed by atoms with E-state index in [0.29, 0.717) is 12.2 Å². The number of esters is 1. The Hall–Kier alpha value is -2.84. The molecule has 2 rings (SSSR count). The third kappa shape index (κ3) is 4.83. The number of aromatic nitrogens is 1. The van der Waals surface area contributed by atoms with Crippen LogP contribution in [0.4, 0.5) is 0 Å². The van der Waals surface area contributed by atoms with E-state index in [1.54, 1.807) is 13.2 Å². The van der Waals surface area contributed by atoms with Crippen molar-refractivity contribution in [2.45, 2.75) is 13.3 Å². The maximum absolute atomic E-state index is 11.7. The second kappa shape index (κ2) is 8.70. The largest absolute Gasteiger partial charge is 0.468 e. The van der Waals surface area contributed by atoms with Gasteiger partial charge in [0.05, 0.1) is 7.11 Å². The van der Waals surface area contributed by atoms with E-state index in [1.165, 1.54) is 7.11 Å². The number of hydrogen-bond donors (Lipinski definition) is 0. The first kappa shape index (κ1) is 17.5. The van der Waals surface area contributed by atoms with Gasteiger partial charge in [0.25, 0.3) is 0 Å². The summed E-state index contributed by atoms with van der Waals surface area (Å²) in [5.74, 6) is 6.37. The van der Waals surface area contributed by atoms with Crippen molar-refractivity contribution in [2.24, 2.45) is 0 Å². The van der Waals surface area contributed by atoms with Crippen LogP contribution >= 0.6 is 0 Å². The molecule has 0 N–H and O–H groups in total. The second-order valence-electron chi connectivity index (χ2n) is 4.90. The molecule has 0 amide bonds. The average Bonchev–Trinajstić information content (AvgIpc) is 2.64. The van der Waals surface area contributed by atoms with Crippen LogP contribution in [0.5, 0.6) is 5.75 Å². The topological polar surface area (TPSA) is 57.7 Å². The van der Waals surface area contributed by atoms with Gasteiger partial charge in [-0.1, -0.05) is 18.8 Å². The highest BCUT2D eigenvalue weighted by Gasteiger charge is 2.09. The van der Waals surface area contributed by atoms with Crippen molar-refractivity contribution in [2.75, 3.05) is 21.0 Å². The number of aryl methyl sites for hydroxylation is 1. The summed E-state index contributed by atoms with van der Waals surface area (Å²) >= 11 is 0. The van der Waals surface area contributed by atoms with Crippen LogP contribution < -0.4 is 4.74 Å². The maximum Gasteiger partial charge on any atom is 0.356 e. The lowest BCUT2D eigenvalue weighted by Crippen LogP contribution is -2.06. The highest BCUT2D eigenvalue weighted by molar-refractivity contribution is 5.87. The fourth-order valence-electron chi connectivity index (χ4n) is 1.96. The summed E-state index contributed by atoms with van der Waals surface area (Å²) in [5, 5.41) is 0. The van der Waals surface area contributed by atoms with Crippen molar-refractivity contribution < 1.29 is 19.0 Å². The predicted molar refractivity (Wildman–Crippen MR) is 89.9 cm³/mol. The Kier molecular flexibility index (Phi) is 6.35. The minimum absolute atomic E-state index is 0.206. The summed E-state index contributed by atoms with van der Waals surface area (Å²) in [5.41, 5.74) is 2.63. The number of carbonyl (C=O) groups is 1. The van der Waals surface area contributed by atoms with E-state index >= 15 is 0 Å². The molecular weight excluding hydrogens is 306 g/mol. The Morgan fingerprint density at radius 1 is 1.08 bits per heavy atom. The summed E-state index contributed by atoms with van der Waals surface area (Å²) in [4.78, 5) is 15.9. The first-order valence-corrected chi connectivity index (χ1v) is 7.49. The summed E-state index contributed by atoms with van der Waals surface area (Å²) in [7, 11) is 2.91. The van der Waals surface area contributed by atoms with Crippen LogP contribution in [0.1, 0.15) is 34.2 Å². The van der Waals surface area contributed by atoms with Gasteiger partial charge in [-0.2, -0.15) is 0 Å². The molecule has 1 aromatic heterocycles. The molecular formula is C19H19NO4. The normalized spacial score (nSPS) is 9.79. The zero-order valence-electron chi connectivity index (χ0n) is 14.0. The molecule has 24 heavy (non-hydrogen) atoms. The molecule has 1 aromatic carbocycles. The minimum Gasteiger partial charge on any atom is -0.468 e. The van der Waals surface area contributed by atoms with Gasteiger partial charge < -0.3 is 14.2 Å². The number of ether oxygens (including phenoxy) is 3. The van der Waals surface area contributed by atoms with Crippen LogP contribution in [-0.2, 0) is 15.9 Å². The monoisotopic (exact) mass is 325 g/mol. The first-order chi connectivity index (χ1) is 11.7. The van der Waals surface area contributed by atoms with Crippen LogP contribution in [0.3, 0.4) is 0 Å². The number of carbonyl (C=O) groups excluding carboxylic acids is 1. The molecule has 0 aliphatic carbocycles. The molecule has 0 spiro atoms. The van der Waals surface area contributed by atoms with Gasteiger partial charge in [0.1, 0.15) is 11.4 Å². The van der Waals surface area contributed by atoms with Crippen LogP contribution in [0, 0.1) is 11.8 Å². The molecule has 0 saturated carbocycles. The third-order valence-corrected chi connectivity index (χ3v) is 3.18. The van der Waals surface area contributed by atoms with Gasteiger partial charge in [0.2, 0.25) is 0 Å². The van der Waals surface area contributed by atoms with E-state index in [0.717, 1.165) is 16.8 Å². The van der Waals surface area contributed by atoms with Gasteiger partial charge in [-0.15, -0.1) is 0 Å². The Morgan fingerprint density at radius 3 is 2.42 bits per heavy atom. The molecule has 0 aliphatic heterocycles. The Morgan fingerprint density at radius 2 is 1.79 bits per heavy atom. The SMILES string of the molecule is CCc1cc(C#Cc2ccc(OCOC)cc2)cc(C(=O)OC)n1. The van der Waals surface area contributed by atoms with Crippen LogP contribution in [0.25, 0.3) is 0 Å². The predicted octanol–water partition coefficient (Wildman–Crippen LogP) is 2.81. The van der Waals surface area contributed by atoms with Crippen LogP contribution in [0.2, 0.25) is 0 Å². The fourth-order valence-corrected chi connectivity index (χ4v) is 1.96. The number of rotatable bonds is 5. The molecule has 0 fully saturated rings. The first-order valence-electron chi connectivity index (χ1n) is 7.49. The molecule has 0 radical (unpaired) electrons. The van der Waals surface area contributed by atoms with E-state index < -0.39 is 5.97 Å². The van der Waals surface area contributed by atoms with E-state index in [2.05, 4.69) is 16.8 Å². The lowest BCUT2D eigenvalue weighted by Gasteiger charge is -2.04. The van der Waals surface area contributed by atoms with Crippen LogP contribution in [0.15, 0.2) is 36.4 Å². The lowest BCUT2D eigenvalue weighted by atomic mass is 10.1. The van der Waals surface area contributed by atoms with Gasteiger partial charge >= 0.3 is 5.97 Å². The number of nitrogens with zero attached hydrogens (tertiary/aromatic N) is 1. The van der Waals surface area contributed by atoms with Crippen molar-refractivity contribution in [3.05, 3.63) is 58.9 Å². The molecule has 0 saturated heterocycles. The van der Waals surface area contributed by atoms with Crippen molar-refractivity contribution in [1.82, 2.24) is 4.98 Å². The minimum atomic E-state index is -0.465. The van der Waals surface area contributed by atoms with E-state index in [1.807, 2.05) is 37.3 Å². The van der Waals surface area contributed by atoms with Gasteiger partial charge in [-0.25, -0.2) is 9.78 Å². The highest BCUT2D eigenvalue weighted by Crippen LogP contribution is 2.12. The Labute approximate surface area is 141 Å². The summed E-state index contributed by atoms with van der Waals surface area (Å²) < 4.78 is 14.9. The second-order valence-corrected chi connectivity index (χ2v) is 4.90. The van der Waals surface area contributed by atoms with E-state index in [4.69, 9.17) is 14.2 Å². The molecule has 0 aliphatic rings. The molecule has 124 valence electrons. The number of hydrogen-bond acceptors (Lipinski definition) is 5. The van der Waals surface area contributed by atoms with Gasteiger partial charge in [-0.3, -0.25) is 0 Å². The van der Waals surface area contributed by atoms with Crippen molar-refractivity contribution >= 4 is 5.97 Å². The lowest BCUT2D eigenvalue weighted by molar-refractivity contribution is 0.0511. The third-order valence-electron chi connectivity index (χ3n) is 3.18. The molecule has 5 heteroatoms. The van der Waals surface area contributed by atoms with Gasteiger partial charge in [0.15, 0.2) is 6.79 Å². The summed E-state index contributed by atoms with van der Waals surface area (Å²) in [6.45, 7) is 2.18. The molecule has 1 heterocycles. The highest BCUT2D eigenvalue weighted by atomic mass is 16.7. The van der Waals surface area contributed by atoms with E-state index in [-0.39, 0.29) is 12.5 Å². The molecule has 0 bridgehead atoms. The smallest absolute Gasteiger partial charge is 0.356 e. The summed E-state index contributed by atoms with van der Waals surface area (Å²) in [6, 6.07) is 10.9. The summed E-state index contributed by atoms with van der Waals surface area (Å²) in [6.07, 6.45) is 0.713. The van der Waals surface area contributed by atoms with Crippen molar-refractivity contribution in [3.8, 4) is 17.6 Å². The number of pyridine rings is 1.